The Kier molecular flexibility index (Phi) is 6.35. The number of hydrogen-bond acceptors (Lipinski definition) is 5. The lowest BCUT2D eigenvalue weighted by Crippen LogP contribution is -2.31. The number of ether oxygens (including phenoxy) is 1. The fourth-order valence-corrected chi connectivity index (χ4v) is 3.01. The SMILES string of the molecule is C=CCN(Cc1nc(-c2ccc(OC)cc2)no1)C(=O)c1ccc(C(C)(C)C)cc1. The number of methoxy groups -OCH3 is 1. The molecule has 156 valence electrons. The third kappa shape index (κ3) is 4.95. The second kappa shape index (κ2) is 8.95. The van der Waals surface area contributed by atoms with Gasteiger partial charge in [0.1, 0.15) is 12.3 Å². The van der Waals surface area contributed by atoms with E-state index in [0.717, 1.165) is 11.3 Å². The van der Waals surface area contributed by atoms with Gasteiger partial charge in [0.05, 0.1) is 7.11 Å². The highest BCUT2D eigenvalue weighted by molar-refractivity contribution is 5.94. The highest BCUT2D eigenvalue weighted by atomic mass is 16.5. The van der Waals surface area contributed by atoms with Crippen molar-refractivity contribution in [2.75, 3.05) is 13.7 Å². The molecule has 6 nitrogen and oxygen atoms in total. The van der Waals surface area contributed by atoms with Crippen LogP contribution in [0.5, 0.6) is 5.75 Å². The minimum absolute atomic E-state index is 0.0317. The lowest BCUT2D eigenvalue weighted by Gasteiger charge is -2.21. The number of amides is 1. The van der Waals surface area contributed by atoms with E-state index in [1.54, 1.807) is 18.1 Å². The molecule has 0 atom stereocenters. The maximum Gasteiger partial charge on any atom is 0.254 e. The zero-order chi connectivity index (χ0) is 21.7. The van der Waals surface area contributed by atoms with Gasteiger partial charge in [-0.05, 0) is 47.4 Å². The van der Waals surface area contributed by atoms with E-state index >= 15 is 0 Å². The number of aromatic nitrogens is 2. The van der Waals surface area contributed by atoms with Crippen LogP contribution in [0.15, 0.2) is 65.7 Å². The molecule has 30 heavy (non-hydrogen) atoms. The Morgan fingerprint density at radius 1 is 1.13 bits per heavy atom. The van der Waals surface area contributed by atoms with E-state index in [1.807, 2.05) is 48.5 Å². The second-order valence-corrected chi connectivity index (χ2v) is 8.04. The molecule has 0 spiro atoms. The number of benzene rings is 2. The van der Waals surface area contributed by atoms with Crippen molar-refractivity contribution < 1.29 is 14.1 Å². The van der Waals surface area contributed by atoms with Crippen molar-refractivity contribution in [2.24, 2.45) is 0 Å². The summed E-state index contributed by atoms with van der Waals surface area (Å²) < 4.78 is 10.5. The Morgan fingerprint density at radius 2 is 1.80 bits per heavy atom. The van der Waals surface area contributed by atoms with Crippen molar-refractivity contribution in [3.63, 3.8) is 0 Å². The summed E-state index contributed by atoms with van der Waals surface area (Å²) in [4.78, 5) is 19.1. The first-order chi connectivity index (χ1) is 14.3. The van der Waals surface area contributed by atoms with E-state index in [4.69, 9.17) is 9.26 Å². The predicted molar refractivity (Wildman–Crippen MR) is 116 cm³/mol. The molecule has 0 saturated carbocycles. The maximum atomic E-state index is 13.0. The van der Waals surface area contributed by atoms with Crippen LogP contribution >= 0.6 is 0 Å². The summed E-state index contributed by atoms with van der Waals surface area (Å²) in [6, 6.07) is 15.1. The van der Waals surface area contributed by atoms with Crippen molar-refractivity contribution in [3.8, 4) is 17.1 Å². The first-order valence-corrected chi connectivity index (χ1v) is 9.79. The fourth-order valence-electron chi connectivity index (χ4n) is 3.01. The molecule has 1 aromatic heterocycles. The Labute approximate surface area is 177 Å². The molecule has 1 amide bonds. The summed E-state index contributed by atoms with van der Waals surface area (Å²) in [5, 5.41) is 4.04. The minimum Gasteiger partial charge on any atom is -0.497 e. The van der Waals surface area contributed by atoms with Gasteiger partial charge in [0.15, 0.2) is 0 Å². The molecule has 0 saturated heterocycles. The van der Waals surface area contributed by atoms with E-state index in [0.29, 0.717) is 23.8 Å². The zero-order valence-corrected chi connectivity index (χ0v) is 17.9. The Balaban J connectivity index is 1.76. The van der Waals surface area contributed by atoms with Gasteiger partial charge in [-0.1, -0.05) is 44.1 Å². The summed E-state index contributed by atoms with van der Waals surface area (Å²) in [7, 11) is 1.61. The topological polar surface area (TPSA) is 68.5 Å². The molecule has 0 aliphatic rings. The van der Waals surface area contributed by atoms with E-state index in [-0.39, 0.29) is 17.9 Å². The molecule has 0 radical (unpaired) electrons. The lowest BCUT2D eigenvalue weighted by molar-refractivity contribution is 0.0745. The van der Waals surface area contributed by atoms with Crippen LogP contribution < -0.4 is 4.74 Å². The van der Waals surface area contributed by atoms with Crippen LogP contribution in [0.25, 0.3) is 11.4 Å². The number of carbonyl (C=O) groups is 1. The normalized spacial score (nSPS) is 11.2. The molecule has 3 rings (SSSR count). The van der Waals surface area contributed by atoms with Crippen LogP contribution in [-0.4, -0.2) is 34.6 Å². The molecular formula is C24H27N3O3. The predicted octanol–water partition coefficient (Wildman–Crippen LogP) is 4.87. The van der Waals surface area contributed by atoms with Crippen LogP contribution in [-0.2, 0) is 12.0 Å². The van der Waals surface area contributed by atoms with Crippen molar-refractivity contribution in [2.45, 2.75) is 32.7 Å². The van der Waals surface area contributed by atoms with Crippen molar-refractivity contribution in [3.05, 3.63) is 78.2 Å². The average Bonchev–Trinajstić information content (AvgIpc) is 3.21. The molecule has 3 aromatic rings. The lowest BCUT2D eigenvalue weighted by atomic mass is 9.86. The quantitative estimate of drug-likeness (QED) is 0.525. The molecule has 0 bridgehead atoms. The van der Waals surface area contributed by atoms with Crippen LogP contribution in [0.4, 0.5) is 0 Å². The van der Waals surface area contributed by atoms with Gasteiger partial charge in [-0.15, -0.1) is 6.58 Å². The molecule has 0 fully saturated rings. The van der Waals surface area contributed by atoms with Gasteiger partial charge < -0.3 is 14.2 Å². The highest BCUT2D eigenvalue weighted by Crippen LogP contribution is 2.23. The van der Waals surface area contributed by atoms with Gasteiger partial charge in [0.25, 0.3) is 5.91 Å². The summed E-state index contributed by atoms with van der Waals surface area (Å²) in [6.45, 7) is 10.8. The first-order valence-electron chi connectivity index (χ1n) is 9.79. The summed E-state index contributed by atoms with van der Waals surface area (Å²) in [6.07, 6.45) is 1.68. The van der Waals surface area contributed by atoms with E-state index < -0.39 is 0 Å². The molecule has 0 aliphatic heterocycles. The number of rotatable bonds is 7. The summed E-state index contributed by atoms with van der Waals surface area (Å²) >= 11 is 0. The molecule has 2 aromatic carbocycles. The van der Waals surface area contributed by atoms with Crippen LogP contribution in [0.1, 0.15) is 42.6 Å². The smallest absolute Gasteiger partial charge is 0.254 e. The number of carbonyl (C=O) groups excluding carboxylic acids is 1. The number of nitrogens with zero attached hydrogens (tertiary/aromatic N) is 3. The van der Waals surface area contributed by atoms with E-state index in [2.05, 4.69) is 37.5 Å². The van der Waals surface area contributed by atoms with Crippen LogP contribution in [0.3, 0.4) is 0 Å². The fraction of sp³-hybridized carbons (Fsp3) is 0.292. The zero-order valence-electron chi connectivity index (χ0n) is 17.9. The van der Waals surface area contributed by atoms with Crippen LogP contribution in [0, 0.1) is 0 Å². The third-order valence-electron chi connectivity index (χ3n) is 4.78. The van der Waals surface area contributed by atoms with Crippen molar-refractivity contribution in [1.82, 2.24) is 15.0 Å². The minimum atomic E-state index is -0.112. The van der Waals surface area contributed by atoms with E-state index in [1.165, 1.54) is 5.56 Å². The summed E-state index contributed by atoms with van der Waals surface area (Å²) in [5.41, 5.74) is 2.63. The molecule has 0 N–H and O–H groups in total. The first kappa shape index (κ1) is 21.3. The Hall–Kier alpha value is -3.41. The molecule has 0 unspecified atom stereocenters. The second-order valence-electron chi connectivity index (χ2n) is 8.04. The van der Waals surface area contributed by atoms with Gasteiger partial charge in [0, 0.05) is 17.7 Å². The highest BCUT2D eigenvalue weighted by Gasteiger charge is 2.20. The van der Waals surface area contributed by atoms with Gasteiger partial charge in [-0.3, -0.25) is 4.79 Å². The Morgan fingerprint density at radius 3 is 2.37 bits per heavy atom. The molecule has 6 heteroatoms. The average molecular weight is 405 g/mol. The van der Waals surface area contributed by atoms with Gasteiger partial charge in [-0.25, -0.2) is 0 Å². The monoisotopic (exact) mass is 405 g/mol. The standard InChI is InChI=1S/C24H27N3O3/c1-6-15-27(23(28)18-7-11-19(12-8-18)24(2,3)4)16-21-25-22(26-30-21)17-9-13-20(29-5)14-10-17/h6-14H,1,15-16H2,2-5H3. The molecule has 0 aliphatic carbocycles. The van der Waals surface area contributed by atoms with Gasteiger partial charge in [0.2, 0.25) is 11.7 Å². The largest absolute Gasteiger partial charge is 0.497 e. The van der Waals surface area contributed by atoms with Crippen molar-refractivity contribution in [1.29, 1.82) is 0 Å². The molecular weight excluding hydrogens is 378 g/mol. The van der Waals surface area contributed by atoms with Gasteiger partial charge in [-0.2, -0.15) is 4.98 Å². The molecule has 1 heterocycles. The number of hydrogen-bond donors (Lipinski definition) is 0. The summed E-state index contributed by atoms with van der Waals surface area (Å²) in [5.74, 6) is 1.47. The Bertz CT molecular complexity index is 999. The van der Waals surface area contributed by atoms with E-state index in [9.17, 15) is 4.79 Å². The van der Waals surface area contributed by atoms with Crippen LogP contribution in [0.2, 0.25) is 0 Å². The third-order valence-corrected chi connectivity index (χ3v) is 4.78. The van der Waals surface area contributed by atoms with Gasteiger partial charge >= 0.3 is 0 Å². The van der Waals surface area contributed by atoms with Crippen molar-refractivity contribution >= 4 is 5.91 Å². The maximum absolute atomic E-state index is 13.0.